The van der Waals surface area contributed by atoms with Gasteiger partial charge in [-0.3, -0.25) is 4.79 Å². The van der Waals surface area contributed by atoms with E-state index in [0.717, 1.165) is 5.56 Å². The lowest BCUT2D eigenvalue weighted by Crippen LogP contribution is -2.43. The number of nitrogens with one attached hydrogen (secondary N) is 1. The van der Waals surface area contributed by atoms with E-state index >= 15 is 0 Å². The number of carbonyl (C=O) groups is 1. The lowest BCUT2D eigenvalue weighted by atomic mass is 10.0. The van der Waals surface area contributed by atoms with E-state index in [1.54, 1.807) is 12.1 Å². The molecule has 11 heteroatoms. The Balaban J connectivity index is 1.24. The van der Waals surface area contributed by atoms with Crippen molar-refractivity contribution in [3.8, 4) is 17.2 Å². The Morgan fingerprint density at radius 2 is 1.90 bits per heavy atom. The Morgan fingerprint density at radius 3 is 2.60 bits per heavy atom. The number of hydrogen-bond donors (Lipinski definition) is 1. The highest BCUT2D eigenvalue weighted by Gasteiger charge is 2.28. The van der Waals surface area contributed by atoms with Crippen molar-refractivity contribution in [3.63, 3.8) is 0 Å². The quantitative estimate of drug-likeness (QED) is 0.570. The number of nitrogens with zero attached hydrogens (tertiary/aromatic N) is 4. The molecule has 0 aliphatic carbocycles. The van der Waals surface area contributed by atoms with Crippen LogP contribution in [0.15, 0.2) is 41.1 Å². The molecule has 1 aliphatic rings. The maximum absolute atomic E-state index is 12.1. The third-order valence-electron chi connectivity index (χ3n) is 4.41. The highest BCUT2D eigenvalue weighted by Crippen LogP contribution is 2.29. The number of amides is 1. The third kappa shape index (κ3) is 5.24. The standard InChI is InChI=1S/C19H17Cl2N5O4/c20-12-3-1-11(2-4-12)17-25-26-18(30-17)15-6-5-13(9-29-15)24-16(27)10-28-14-7-22-19(21)23-8-14/h1-4,7-8,13,15H,5-6,9-10H2,(H,24,27)/t13-,15-/m0/s1. The molecule has 3 aromatic rings. The summed E-state index contributed by atoms with van der Waals surface area (Å²) in [6, 6.07) is 7.01. The van der Waals surface area contributed by atoms with Crippen LogP contribution in [0.1, 0.15) is 24.8 Å². The number of carbonyl (C=O) groups excluding carboxylic acids is 1. The molecule has 2 aromatic heterocycles. The van der Waals surface area contributed by atoms with Crippen LogP contribution < -0.4 is 10.1 Å². The average Bonchev–Trinajstić information content (AvgIpc) is 3.25. The van der Waals surface area contributed by atoms with E-state index in [0.29, 0.717) is 42.0 Å². The van der Waals surface area contributed by atoms with Gasteiger partial charge in [0.15, 0.2) is 12.4 Å². The maximum atomic E-state index is 12.1. The van der Waals surface area contributed by atoms with Crippen LogP contribution in [-0.2, 0) is 9.53 Å². The fourth-order valence-electron chi connectivity index (χ4n) is 2.93. The Hall–Kier alpha value is -2.75. The first-order chi connectivity index (χ1) is 14.6. The number of ether oxygens (including phenoxy) is 2. The second kappa shape index (κ2) is 9.38. The molecule has 0 saturated carbocycles. The smallest absolute Gasteiger partial charge is 0.258 e. The molecule has 3 heterocycles. The fourth-order valence-corrected chi connectivity index (χ4v) is 3.15. The molecule has 0 radical (unpaired) electrons. The SMILES string of the molecule is O=C(COc1cnc(Cl)nc1)N[C@H]1CC[C@@H](c2nnc(-c3ccc(Cl)cc3)o2)OC1. The lowest BCUT2D eigenvalue weighted by Gasteiger charge is -2.27. The first-order valence-corrected chi connectivity index (χ1v) is 9.93. The Bertz CT molecular complexity index is 989. The normalized spacial score (nSPS) is 18.7. The summed E-state index contributed by atoms with van der Waals surface area (Å²) in [7, 11) is 0. The molecule has 1 amide bonds. The summed E-state index contributed by atoms with van der Waals surface area (Å²) in [5, 5.41) is 11.8. The van der Waals surface area contributed by atoms with Gasteiger partial charge < -0.3 is 19.2 Å². The van der Waals surface area contributed by atoms with Crippen molar-refractivity contribution in [3.05, 3.63) is 52.9 Å². The van der Waals surface area contributed by atoms with Gasteiger partial charge in [0.25, 0.3) is 5.91 Å². The molecule has 156 valence electrons. The average molecular weight is 450 g/mol. The van der Waals surface area contributed by atoms with Gasteiger partial charge >= 0.3 is 0 Å². The van der Waals surface area contributed by atoms with Crippen LogP contribution in [0.5, 0.6) is 5.75 Å². The molecule has 1 fully saturated rings. The molecular weight excluding hydrogens is 433 g/mol. The van der Waals surface area contributed by atoms with Crippen LogP contribution >= 0.6 is 23.2 Å². The van der Waals surface area contributed by atoms with Crippen LogP contribution in [0, 0.1) is 0 Å². The van der Waals surface area contributed by atoms with Crippen molar-refractivity contribution >= 4 is 29.1 Å². The second-order valence-electron chi connectivity index (χ2n) is 6.59. The molecule has 30 heavy (non-hydrogen) atoms. The van der Waals surface area contributed by atoms with E-state index in [9.17, 15) is 4.79 Å². The molecule has 1 N–H and O–H groups in total. The predicted octanol–water partition coefficient (Wildman–Crippen LogP) is 3.25. The summed E-state index contributed by atoms with van der Waals surface area (Å²) in [5.74, 6) is 0.919. The zero-order chi connectivity index (χ0) is 20.9. The molecule has 0 bridgehead atoms. The van der Waals surface area contributed by atoms with Gasteiger partial charge in [0.2, 0.25) is 17.1 Å². The Labute approximate surface area is 181 Å². The zero-order valence-corrected chi connectivity index (χ0v) is 17.1. The van der Waals surface area contributed by atoms with Gasteiger partial charge in [-0.15, -0.1) is 10.2 Å². The van der Waals surface area contributed by atoms with Crippen molar-refractivity contribution in [1.29, 1.82) is 0 Å². The summed E-state index contributed by atoms with van der Waals surface area (Å²) in [5.41, 5.74) is 0.783. The van der Waals surface area contributed by atoms with Crippen LogP contribution in [0.2, 0.25) is 10.3 Å². The van der Waals surface area contributed by atoms with Gasteiger partial charge in [0, 0.05) is 10.6 Å². The molecule has 1 aliphatic heterocycles. The van der Waals surface area contributed by atoms with Crippen molar-refractivity contribution in [1.82, 2.24) is 25.5 Å². The first kappa shape index (κ1) is 20.5. The predicted molar refractivity (Wildman–Crippen MR) is 107 cm³/mol. The van der Waals surface area contributed by atoms with Crippen molar-refractivity contribution in [2.24, 2.45) is 0 Å². The van der Waals surface area contributed by atoms with E-state index in [1.165, 1.54) is 12.4 Å². The van der Waals surface area contributed by atoms with Crippen LogP contribution in [0.25, 0.3) is 11.5 Å². The van der Waals surface area contributed by atoms with Crippen molar-refractivity contribution in [2.75, 3.05) is 13.2 Å². The number of rotatable bonds is 6. The third-order valence-corrected chi connectivity index (χ3v) is 4.86. The van der Waals surface area contributed by atoms with Gasteiger partial charge in [-0.25, -0.2) is 9.97 Å². The van der Waals surface area contributed by atoms with Crippen LogP contribution in [-0.4, -0.2) is 45.3 Å². The van der Waals surface area contributed by atoms with Crippen LogP contribution in [0.3, 0.4) is 0 Å². The number of halogens is 2. The molecule has 4 rings (SSSR count). The van der Waals surface area contributed by atoms with Crippen molar-refractivity contribution in [2.45, 2.75) is 25.0 Å². The van der Waals surface area contributed by atoms with Gasteiger partial charge in [-0.05, 0) is 48.7 Å². The molecular formula is C19H17Cl2N5O4. The summed E-state index contributed by atoms with van der Waals surface area (Å²) in [6.07, 6.45) is 3.84. The summed E-state index contributed by atoms with van der Waals surface area (Å²) in [6.45, 7) is 0.179. The minimum atomic E-state index is -0.311. The monoisotopic (exact) mass is 449 g/mol. The van der Waals surface area contributed by atoms with E-state index in [1.807, 2.05) is 12.1 Å². The van der Waals surface area contributed by atoms with E-state index < -0.39 is 0 Å². The van der Waals surface area contributed by atoms with Crippen molar-refractivity contribution < 1.29 is 18.7 Å². The molecule has 2 atom stereocenters. The number of aromatic nitrogens is 4. The van der Waals surface area contributed by atoms with Gasteiger partial charge in [-0.1, -0.05) is 11.6 Å². The number of hydrogen-bond acceptors (Lipinski definition) is 8. The second-order valence-corrected chi connectivity index (χ2v) is 7.37. The van der Waals surface area contributed by atoms with Gasteiger partial charge in [-0.2, -0.15) is 0 Å². The minimum absolute atomic E-state index is 0.113. The Kier molecular flexibility index (Phi) is 6.41. The molecule has 1 aromatic carbocycles. The summed E-state index contributed by atoms with van der Waals surface area (Å²) in [4.78, 5) is 19.7. The van der Waals surface area contributed by atoms with Gasteiger partial charge in [0.05, 0.1) is 25.0 Å². The first-order valence-electron chi connectivity index (χ1n) is 9.17. The lowest BCUT2D eigenvalue weighted by molar-refractivity contribution is -0.125. The topological polar surface area (TPSA) is 112 Å². The summed E-state index contributed by atoms with van der Waals surface area (Å²) < 4.78 is 16.9. The molecule has 1 saturated heterocycles. The summed E-state index contributed by atoms with van der Waals surface area (Å²) >= 11 is 11.5. The van der Waals surface area contributed by atoms with E-state index in [-0.39, 0.29) is 29.9 Å². The highest BCUT2D eigenvalue weighted by molar-refractivity contribution is 6.30. The Morgan fingerprint density at radius 1 is 1.13 bits per heavy atom. The minimum Gasteiger partial charge on any atom is -0.481 e. The highest BCUT2D eigenvalue weighted by atomic mass is 35.5. The largest absolute Gasteiger partial charge is 0.481 e. The van der Waals surface area contributed by atoms with E-state index in [4.69, 9.17) is 37.1 Å². The maximum Gasteiger partial charge on any atom is 0.258 e. The fraction of sp³-hybridized carbons (Fsp3) is 0.316. The van der Waals surface area contributed by atoms with Crippen LogP contribution in [0.4, 0.5) is 0 Å². The number of benzene rings is 1. The van der Waals surface area contributed by atoms with E-state index in [2.05, 4.69) is 25.5 Å². The molecule has 0 spiro atoms. The molecule has 9 nitrogen and oxygen atoms in total. The zero-order valence-electron chi connectivity index (χ0n) is 15.6. The van der Waals surface area contributed by atoms with Gasteiger partial charge in [0.1, 0.15) is 6.10 Å². The molecule has 0 unspecified atom stereocenters.